The molecule has 7 heteroatoms. The molecule has 0 spiro atoms. The number of sulfonamides is 1. The van der Waals surface area contributed by atoms with E-state index in [0.29, 0.717) is 11.6 Å². The molecule has 0 aromatic heterocycles. The molecule has 1 fully saturated rings. The molecule has 1 saturated heterocycles. The maximum absolute atomic E-state index is 12.6. The Bertz CT molecular complexity index is 556. The lowest BCUT2D eigenvalue weighted by Gasteiger charge is -2.24. The number of hydrogen-bond donors (Lipinski definition) is 1. The first-order chi connectivity index (χ1) is 8.96. The van der Waals surface area contributed by atoms with Crippen molar-refractivity contribution in [1.82, 2.24) is 9.62 Å². The molecule has 1 unspecified atom stereocenters. The molecule has 106 valence electrons. The van der Waals surface area contributed by atoms with Gasteiger partial charge < -0.3 is 10.1 Å². The summed E-state index contributed by atoms with van der Waals surface area (Å²) in [5.74, 6) is 0.269. The van der Waals surface area contributed by atoms with E-state index in [1.54, 1.807) is 13.1 Å². The van der Waals surface area contributed by atoms with Gasteiger partial charge in [-0.15, -0.1) is 0 Å². The standard InChI is InChI=1S/C12H17ClN2O3S/c1-15(10-5-6-14-8-10)19(16,17)12-4-3-9(13)7-11(12)18-2/h3-4,7,10,14H,5-6,8H2,1-2H3. The van der Waals surface area contributed by atoms with Crippen LogP contribution in [0.2, 0.25) is 5.02 Å². The maximum Gasteiger partial charge on any atom is 0.246 e. The zero-order valence-electron chi connectivity index (χ0n) is 10.9. The van der Waals surface area contributed by atoms with Gasteiger partial charge in [-0.25, -0.2) is 8.42 Å². The first kappa shape index (κ1) is 14.6. The Morgan fingerprint density at radius 2 is 2.21 bits per heavy atom. The van der Waals surface area contributed by atoms with E-state index in [-0.39, 0.29) is 16.7 Å². The SMILES string of the molecule is COc1cc(Cl)ccc1S(=O)(=O)N(C)C1CCNC1. The van der Waals surface area contributed by atoms with Gasteiger partial charge in [0.2, 0.25) is 10.0 Å². The van der Waals surface area contributed by atoms with Crippen LogP contribution in [0, 0.1) is 0 Å². The van der Waals surface area contributed by atoms with Crippen LogP contribution in [0.5, 0.6) is 5.75 Å². The van der Waals surface area contributed by atoms with Crippen molar-refractivity contribution in [2.75, 3.05) is 27.2 Å². The topological polar surface area (TPSA) is 58.6 Å². The molecule has 1 heterocycles. The molecule has 0 saturated carbocycles. The number of benzene rings is 1. The number of ether oxygens (including phenoxy) is 1. The number of methoxy groups -OCH3 is 1. The number of nitrogens with zero attached hydrogens (tertiary/aromatic N) is 1. The molecule has 0 radical (unpaired) electrons. The third-order valence-electron chi connectivity index (χ3n) is 3.33. The van der Waals surface area contributed by atoms with Crippen LogP contribution < -0.4 is 10.1 Å². The average Bonchev–Trinajstić information content (AvgIpc) is 2.91. The van der Waals surface area contributed by atoms with Crippen molar-refractivity contribution in [3.05, 3.63) is 23.2 Å². The van der Waals surface area contributed by atoms with Crippen LogP contribution in [-0.2, 0) is 10.0 Å². The van der Waals surface area contributed by atoms with Crippen molar-refractivity contribution >= 4 is 21.6 Å². The van der Waals surface area contributed by atoms with Crippen molar-refractivity contribution in [3.63, 3.8) is 0 Å². The van der Waals surface area contributed by atoms with E-state index < -0.39 is 10.0 Å². The minimum atomic E-state index is -3.57. The van der Waals surface area contributed by atoms with Crippen LogP contribution in [0.4, 0.5) is 0 Å². The summed E-state index contributed by atoms with van der Waals surface area (Å²) in [4.78, 5) is 0.147. The van der Waals surface area contributed by atoms with Gasteiger partial charge in [-0.2, -0.15) is 4.31 Å². The molecule has 0 bridgehead atoms. The van der Waals surface area contributed by atoms with E-state index in [1.165, 1.54) is 23.5 Å². The Morgan fingerprint density at radius 1 is 1.47 bits per heavy atom. The monoisotopic (exact) mass is 304 g/mol. The molecular formula is C12H17ClN2O3S. The summed E-state index contributed by atoms with van der Waals surface area (Å²) in [7, 11) is -0.542. The second-order valence-corrected chi connectivity index (χ2v) is 6.87. The van der Waals surface area contributed by atoms with Gasteiger partial charge in [0.05, 0.1) is 7.11 Å². The lowest BCUT2D eigenvalue weighted by molar-refractivity contribution is 0.376. The molecule has 19 heavy (non-hydrogen) atoms. The molecular weight excluding hydrogens is 288 g/mol. The lowest BCUT2D eigenvalue weighted by Crippen LogP contribution is -2.38. The molecule has 0 aliphatic carbocycles. The quantitative estimate of drug-likeness (QED) is 0.912. The maximum atomic E-state index is 12.6. The zero-order valence-corrected chi connectivity index (χ0v) is 12.5. The molecule has 1 aromatic carbocycles. The summed E-state index contributed by atoms with van der Waals surface area (Å²) in [6.07, 6.45) is 0.811. The lowest BCUT2D eigenvalue weighted by atomic mass is 10.3. The molecule has 1 aromatic rings. The molecule has 1 atom stereocenters. The van der Waals surface area contributed by atoms with E-state index in [0.717, 1.165) is 13.0 Å². The highest BCUT2D eigenvalue weighted by molar-refractivity contribution is 7.89. The Morgan fingerprint density at radius 3 is 2.79 bits per heavy atom. The summed E-state index contributed by atoms with van der Waals surface area (Å²) in [6, 6.07) is 4.52. The highest BCUT2D eigenvalue weighted by Crippen LogP contribution is 2.30. The molecule has 2 rings (SSSR count). The van der Waals surface area contributed by atoms with Gasteiger partial charge in [-0.3, -0.25) is 0 Å². The minimum Gasteiger partial charge on any atom is -0.495 e. The third kappa shape index (κ3) is 2.86. The van der Waals surface area contributed by atoms with Crippen LogP contribution in [-0.4, -0.2) is 46.0 Å². The normalized spacial score (nSPS) is 19.9. The van der Waals surface area contributed by atoms with E-state index in [9.17, 15) is 8.42 Å². The molecule has 5 nitrogen and oxygen atoms in total. The highest BCUT2D eigenvalue weighted by atomic mass is 35.5. The van der Waals surface area contributed by atoms with Gasteiger partial charge >= 0.3 is 0 Å². The molecule has 0 amide bonds. The van der Waals surface area contributed by atoms with Crippen molar-refractivity contribution in [2.24, 2.45) is 0 Å². The summed E-state index contributed by atoms with van der Waals surface area (Å²) in [6.45, 7) is 1.51. The first-order valence-electron chi connectivity index (χ1n) is 5.99. The van der Waals surface area contributed by atoms with Crippen LogP contribution >= 0.6 is 11.6 Å². The van der Waals surface area contributed by atoms with E-state index in [2.05, 4.69) is 5.32 Å². The van der Waals surface area contributed by atoms with Gasteiger partial charge in [0.1, 0.15) is 10.6 Å². The fraction of sp³-hybridized carbons (Fsp3) is 0.500. The average molecular weight is 305 g/mol. The summed E-state index contributed by atoms with van der Waals surface area (Å²) < 4.78 is 31.7. The number of rotatable bonds is 4. The second-order valence-electron chi connectivity index (χ2n) is 4.46. The van der Waals surface area contributed by atoms with Crippen molar-refractivity contribution < 1.29 is 13.2 Å². The van der Waals surface area contributed by atoms with Crippen LogP contribution in [0.15, 0.2) is 23.1 Å². The second kappa shape index (κ2) is 5.66. The van der Waals surface area contributed by atoms with Crippen molar-refractivity contribution in [1.29, 1.82) is 0 Å². The van der Waals surface area contributed by atoms with E-state index >= 15 is 0 Å². The molecule has 1 aliphatic rings. The van der Waals surface area contributed by atoms with Crippen molar-refractivity contribution in [2.45, 2.75) is 17.4 Å². The number of hydrogen-bond acceptors (Lipinski definition) is 4. The Labute approximate surface area is 118 Å². The smallest absolute Gasteiger partial charge is 0.246 e. The van der Waals surface area contributed by atoms with Gasteiger partial charge in [-0.1, -0.05) is 11.6 Å². The Kier molecular flexibility index (Phi) is 4.35. The first-order valence-corrected chi connectivity index (χ1v) is 7.81. The predicted molar refractivity (Wildman–Crippen MR) is 74.2 cm³/mol. The van der Waals surface area contributed by atoms with Crippen LogP contribution in [0.25, 0.3) is 0 Å². The minimum absolute atomic E-state index is 0.0228. The van der Waals surface area contributed by atoms with Crippen LogP contribution in [0.1, 0.15) is 6.42 Å². The van der Waals surface area contributed by atoms with Gasteiger partial charge in [0.25, 0.3) is 0 Å². The van der Waals surface area contributed by atoms with Crippen molar-refractivity contribution in [3.8, 4) is 5.75 Å². The number of nitrogens with one attached hydrogen (secondary N) is 1. The molecule has 1 aliphatic heterocycles. The molecule has 1 N–H and O–H groups in total. The summed E-state index contributed by atoms with van der Waals surface area (Å²) in [5, 5.41) is 3.60. The summed E-state index contributed by atoms with van der Waals surface area (Å²) in [5.41, 5.74) is 0. The summed E-state index contributed by atoms with van der Waals surface area (Å²) >= 11 is 5.85. The number of halogens is 1. The third-order valence-corrected chi connectivity index (χ3v) is 5.52. The van der Waals surface area contributed by atoms with E-state index in [1.807, 2.05) is 0 Å². The van der Waals surface area contributed by atoms with Crippen LogP contribution in [0.3, 0.4) is 0 Å². The zero-order chi connectivity index (χ0) is 14.0. The van der Waals surface area contributed by atoms with Gasteiger partial charge in [0, 0.05) is 30.7 Å². The Hall–Kier alpha value is -0.820. The highest BCUT2D eigenvalue weighted by Gasteiger charge is 2.31. The fourth-order valence-corrected chi connectivity index (χ4v) is 3.84. The largest absolute Gasteiger partial charge is 0.495 e. The predicted octanol–water partition coefficient (Wildman–Crippen LogP) is 1.33. The fourth-order valence-electron chi connectivity index (χ4n) is 2.16. The number of likely N-dealkylation sites (N-methyl/N-ethyl adjacent to an activating group) is 1. The van der Waals surface area contributed by atoms with Gasteiger partial charge in [0.15, 0.2) is 0 Å². The van der Waals surface area contributed by atoms with E-state index in [4.69, 9.17) is 16.3 Å². The Balaban J connectivity index is 2.38. The van der Waals surface area contributed by atoms with Gasteiger partial charge in [-0.05, 0) is 25.1 Å².